The predicted molar refractivity (Wildman–Crippen MR) is 61.1 cm³/mol. The number of rotatable bonds is 1. The second-order valence-corrected chi connectivity index (χ2v) is 5.00. The molecule has 2 rings (SSSR count). The van der Waals surface area contributed by atoms with Crippen molar-refractivity contribution in [1.82, 2.24) is 0 Å². The number of allylic oxidation sites excluding steroid dienone is 1. The summed E-state index contributed by atoms with van der Waals surface area (Å²) in [4.78, 5) is 0. The lowest BCUT2D eigenvalue weighted by Crippen LogP contribution is -2.23. The summed E-state index contributed by atoms with van der Waals surface area (Å²) in [7, 11) is 0. The third-order valence-electron chi connectivity index (χ3n) is 3.87. The Hall–Kier alpha value is -0.300. The van der Waals surface area contributed by atoms with E-state index in [-0.39, 0.29) is 0 Å². The first-order chi connectivity index (χ1) is 6.86. The van der Waals surface area contributed by atoms with E-state index in [1.165, 1.54) is 51.4 Å². The lowest BCUT2D eigenvalue weighted by Gasteiger charge is -2.24. The van der Waals surface area contributed by atoms with Crippen molar-refractivity contribution in [3.8, 4) is 0 Å². The molecular weight excluding hydrogens is 170 g/mol. The smallest absolute Gasteiger partial charge is 0.00765 e. The summed E-state index contributed by atoms with van der Waals surface area (Å²) in [5.41, 5.74) is 7.66. The van der Waals surface area contributed by atoms with Crippen molar-refractivity contribution in [2.75, 3.05) is 0 Å². The van der Waals surface area contributed by atoms with Gasteiger partial charge in [0.1, 0.15) is 0 Å². The fraction of sp³-hybridized carbons (Fsp3) is 0.846. The van der Waals surface area contributed by atoms with E-state index in [1.54, 1.807) is 5.57 Å². The minimum atomic E-state index is 0.449. The van der Waals surface area contributed by atoms with E-state index < -0.39 is 0 Å². The van der Waals surface area contributed by atoms with Crippen molar-refractivity contribution < 1.29 is 0 Å². The van der Waals surface area contributed by atoms with Gasteiger partial charge in [-0.2, -0.15) is 0 Å². The molecule has 1 fully saturated rings. The fourth-order valence-corrected chi connectivity index (χ4v) is 2.90. The van der Waals surface area contributed by atoms with Crippen LogP contribution in [0.15, 0.2) is 11.6 Å². The molecule has 80 valence electrons. The van der Waals surface area contributed by atoms with Gasteiger partial charge < -0.3 is 5.73 Å². The average Bonchev–Trinajstić information content (AvgIpc) is 2.47. The van der Waals surface area contributed by atoms with Crippen LogP contribution in [0, 0.1) is 5.92 Å². The van der Waals surface area contributed by atoms with Gasteiger partial charge in [-0.15, -0.1) is 0 Å². The SMILES string of the molecule is NC1CC=C(C2CCCCCC2)CC1. The fourth-order valence-electron chi connectivity index (χ4n) is 2.90. The molecule has 2 N–H and O–H groups in total. The Morgan fingerprint density at radius 2 is 1.71 bits per heavy atom. The molecule has 0 heterocycles. The maximum Gasteiger partial charge on any atom is 0.00765 e. The summed E-state index contributed by atoms with van der Waals surface area (Å²) in [5.74, 6) is 0.921. The van der Waals surface area contributed by atoms with Gasteiger partial charge in [0.15, 0.2) is 0 Å². The van der Waals surface area contributed by atoms with Crippen molar-refractivity contribution in [1.29, 1.82) is 0 Å². The van der Waals surface area contributed by atoms with Crippen LogP contribution < -0.4 is 5.73 Å². The van der Waals surface area contributed by atoms with Gasteiger partial charge in [0.05, 0.1) is 0 Å². The van der Waals surface area contributed by atoms with Gasteiger partial charge in [-0.1, -0.05) is 37.3 Å². The molecule has 0 saturated heterocycles. The van der Waals surface area contributed by atoms with Crippen molar-refractivity contribution in [3.63, 3.8) is 0 Å². The van der Waals surface area contributed by atoms with Gasteiger partial charge in [-0.25, -0.2) is 0 Å². The topological polar surface area (TPSA) is 26.0 Å². The van der Waals surface area contributed by atoms with Gasteiger partial charge >= 0.3 is 0 Å². The number of hydrogen-bond acceptors (Lipinski definition) is 1. The standard InChI is InChI=1S/C13H23N/c14-13-9-7-12(8-10-13)11-5-3-1-2-4-6-11/h7,11,13H,1-6,8-10,14H2. The third-order valence-corrected chi connectivity index (χ3v) is 3.87. The Balaban J connectivity index is 1.92. The summed E-state index contributed by atoms with van der Waals surface area (Å²) < 4.78 is 0. The summed E-state index contributed by atoms with van der Waals surface area (Å²) in [5, 5.41) is 0. The van der Waals surface area contributed by atoms with E-state index in [2.05, 4.69) is 6.08 Å². The van der Waals surface area contributed by atoms with Crippen LogP contribution >= 0.6 is 0 Å². The zero-order chi connectivity index (χ0) is 9.80. The summed E-state index contributed by atoms with van der Waals surface area (Å²) in [6, 6.07) is 0.449. The van der Waals surface area contributed by atoms with E-state index in [9.17, 15) is 0 Å². The van der Waals surface area contributed by atoms with Gasteiger partial charge in [0.2, 0.25) is 0 Å². The van der Waals surface area contributed by atoms with Gasteiger partial charge in [0.25, 0.3) is 0 Å². The molecule has 0 radical (unpaired) electrons. The molecule has 1 nitrogen and oxygen atoms in total. The molecule has 1 saturated carbocycles. The second-order valence-electron chi connectivity index (χ2n) is 5.00. The molecular formula is C13H23N. The largest absolute Gasteiger partial charge is 0.327 e. The number of hydrogen-bond donors (Lipinski definition) is 1. The molecule has 1 atom stereocenters. The molecule has 2 aliphatic rings. The molecule has 0 aromatic carbocycles. The highest BCUT2D eigenvalue weighted by atomic mass is 14.6. The Labute approximate surface area is 87.8 Å². The second kappa shape index (κ2) is 4.97. The minimum absolute atomic E-state index is 0.449. The molecule has 0 spiro atoms. The van der Waals surface area contributed by atoms with Gasteiger partial charge in [0, 0.05) is 6.04 Å². The van der Waals surface area contributed by atoms with Gasteiger partial charge in [-0.3, -0.25) is 0 Å². The Morgan fingerprint density at radius 1 is 1.00 bits per heavy atom. The van der Waals surface area contributed by atoms with Crippen LogP contribution in [0.5, 0.6) is 0 Å². The molecule has 0 aromatic heterocycles. The summed E-state index contributed by atoms with van der Waals surface area (Å²) in [6.45, 7) is 0. The van der Waals surface area contributed by atoms with Crippen LogP contribution in [-0.2, 0) is 0 Å². The monoisotopic (exact) mass is 193 g/mol. The lowest BCUT2D eigenvalue weighted by molar-refractivity contribution is 0.474. The van der Waals surface area contributed by atoms with Crippen molar-refractivity contribution >= 4 is 0 Å². The molecule has 2 aliphatic carbocycles. The van der Waals surface area contributed by atoms with Crippen molar-refractivity contribution in [3.05, 3.63) is 11.6 Å². The Bertz CT molecular complexity index is 199. The summed E-state index contributed by atoms with van der Waals surface area (Å²) in [6.07, 6.45) is 14.8. The molecule has 0 bridgehead atoms. The van der Waals surface area contributed by atoms with Crippen molar-refractivity contribution in [2.45, 2.75) is 63.8 Å². The Kier molecular flexibility index (Phi) is 3.63. The average molecular weight is 193 g/mol. The molecule has 0 amide bonds. The maximum absolute atomic E-state index is 5.91. The van der Waals surface area contributed by atoms with Gasteiger partial charge in [-0.05, 0) is 38.0 Å². The van der Waals surface area contributed by atoms with E-state index in [0.717, 1.165) is 12.3 Å². The zero-order valence-electron chi connectivity index (χ0n) is 9.17. The van der Waals surface area contributed by atoms with E-state index in [1.807, 2.05) is 0 Å². The van der Waals surface area contributed by atoms with Crippen LogP contribution in [0.3, 0.4) is 0 Å². The summed E-state index contributed by atoms with van der Waals surface area (Å²) >= 11 is 0. The van der Waals surface area contributed by atoms with Crippen LogP contribution in [0.25, 0.3) is 0 Å². The third kappa shape index (κ3) is 2.60. The van der Waals surface area contributed by atoms with E-state index in [0.29, 0.717) is 6.04 Å². The zero-order valence-corrected chi connectivity index (χ0v) is 9.17. The van der Waals surface area contributed by atoms with E-state index >= 15 is 0 Å². The van der Waals surface area contributed by atoms with Crippen LogP contribution in [0.4, 0.5) is 0 Å². The minimum Gasteiger partial charge on any atom is -0.327 e. The first kappa shape index (κ1) is 10.2. The molecule has 0 aliphatic heterocycles. The predicted octanol–water partition coefficient (Wildman–Crippen LogP) is 3.39. The molecule has 1 unspecified atom stereocenters. The highest BCUT2D eigenvalue weighted by Crippen LogP contribution is 2.33. The highest BCUT2D eigenvalue weighted by molar-refractivity contribution is 5.11. The first-order valence-corrected chi connectivity index (χ1v) is 6.31. The van der Waals surface area contributed by atoms with Crippen LogP contribution in [-0.4, -0.2) is 6.04 Å². The highest BCUT2D eigenvalue weighted by Gasteiger charge is 2.19. The van der Waals surface area contributed by atoms with Crippen LogP contribution in [0.2, 0.25) is 0 Å². The maximum atomic E-state index is 5.91. The Morgan fingerprint density at radius 3 is 2.29 bits per heavy atom. The normalized spacial score (nSPS) is 30.9. The molecule has 0 aromatic rings. The quantitative estimate of drug-likeness (QED) is 0.501. The first-order valence-electron chi connectivity index (χ1n) is 6.31. The van der Waals surface area contributed by atoms with Crippen molar-refractivity contribution in [2.24, 2.45) is 11.7 Å². The van der Waals surface area contributed by atoms with E-state index in [4.69, 9.17) is 5.73 Å². The molecule has 14 heavy (non-hydrogen) atoms. The molecule has 1 heteroatoms. The van der Waals surface area contributed by atoms with Crippen LogP contribution in [0.1, 0.15) is 57.8 Å². The number of nitrogens with two attached hydrogens (primary N) is 1. The lowest BCUT2D eigenvalue weighted by atomic mass is 9.83.